The molecule has 0 fully saturated rings. The highest BCUT2D eigenvalue weighted by Crippen LogP contribution is 2.09. The predicted octanol–water partition coefficient (Wildman–Crippen LogP) is 3.63. The zero-order valence-corrected chi connectivity index (χ0v) is 12.7. The molecule has 0 amide bonds. The van der Waals surface area contributed by atoms with Gasteiger partial charge in [0.05, 0.1) is 0 Å². The second-order valence-electron chi connectivity index (χ2n) is 5.43. The molecule has 21 heavy (non-hydrogen) atoms. The van der Waals surface area contributed by atoms with E-state index in [-0.39, 0.29) is 0 Å². The van der Waals surface area contributed by atoms with Crippen molar-refractivity contribution in [3.63, 3.8) is 0 Å². The first kappa shape index (κ1) is 15.7. The molecule has 4 nitrogen and oxygen atoms in total. The SMILES string of the molecule is [CH2]CCCc1nnnn1CCCCCCc1ccccc1. The van der Waals surface area contributed by atoms with Crippen LogP contribution in [0.4, 0.5) is 0 Å². The molecule has 0 saturated carbocycles. The molecule has 113 valence electrons. The van der Waals surface area contributed by atoms with Gasteiger partial charge in [-0.3, -0.25) is 0 Å². The summed E-state index contributed by atoms with van der Waals surface area (Å²) in [5, 5.41) is 11.9. The topological polar surface area (TPSA) is 43.6 Å². The number of unbranched alkanes of at least 4 members (excludes halogenated alkanes) is 4. The van der Waals surface area contributed by atoms with Crippen LogP contribution in [0.3, 0.4) is 0 Å². The number of hydrogen-bond acceptors (Lipinski definition) is 3. The largest absolute Gasteiger partial charge is 0.230 e. The lowest BCUT2D eigenvalue weighted by Gasteiger charge is -2.04. The minimum absolute atomic E-state index is 0.935. The van der Waals surface area contributed by atoms with Gasteiger partial charge < -0.3 is 0 Å². The molecule has 0 atom stereocenters. The number of aromatic nitrogens is 4. The Bertz CT molecular complexity index is 493. The van der Waals surface area contributed by atoms with E-state index in [9.17, 15) is 0 Å². The lowest BCUT2D eigenvalue weighted by Crippen LogP contribution is -2.06. The summed E-state index contributed by atoms with van der Waals surface area (Å²) in [7, 11) is 0. The number of tetrazole rings is 1. The molecular formula is C17H25N4. The Morgan fingerprint density at radius 3 is 2.52 bits per heavy atom. The molecule has 0 bridgehead atoms. The van der Waals surface area contributed by atoms with Gasteiger partial charge >= 0.3 is 0 Å². The van der Waals surface area contributed by atoms with Crippen molar-refractivity contribution in [1.29, 1.82) is 0 Å². The highest BCUT2D eigenvalue weighted by atomic mass is 15.5. The number of benzene rings is 1. The Hall–Kier alpha value is -1.71. The summed E-state index contributed by atoms with van der Waals surface area (Å²) in [4.78, 5) is 0. The van der Waals surface area contributed by atoms with Crippen molar-refractivity contribution in [3.8, 4) is 0 Å². The van der Waals surface area contributed by atoms with Gasteiger partial charge in [-0.15, -0.1) is 5.10 Å². The molecule has 0 N–H and O–H groups in total. The molecular weight excluding hydrogens is 260 g/mol. The van der Waals surface area contributed by atoms with Crippen LogP contribution in [0.5, 0.6) is 0 Å². The third-order valence-electron chi connectivity index (χ3n) is 3.68. The van der Waals surface area contributed by atoms with Gasteiger partial charge in [0.2, 0.25) is 0 Å². The standard InChI is InChI=1S/C17H25N4/c1-2-3-14-17-18-19-20-21(17)15-10-5-4-7-11-16-12-8-6-9-13-16/h6,8-9,12-13H,1-5,7,10-11,14-15H2. The minimum Gasteiger partial charge on any atom is -0.230 e. The third kappa shape index (κ3) is 5.66. The molecule has 1 radical (unpaired) electrons. The van der Waals surface area contributed by atoms with E-state index in [2.05, 4.69) is 52.8 Å². The van der Waals surface area contributed by atoms with E-state index in [1.54, 1.807) is 0 Å². The van der Waals surface area contributed by atoms with Crippen molar-refractivity contribution < 1.29 is 0 Å². The highest BCUT2D eigenvalue weighted by Gasteiger charge is 2.04. The summed E-state index contributed by atoms with van der Waals surface area (Å²) >= 11 is 0. The van der Waals surface area contributed by atoms with Gasteiger partial charge in [-0.1, -0.05) is 56.5 Å². The Labute approximate surface area is 127 Å². The molecule has 1 aromatic heterocycles. The average molecular weight is 285 g/mol. The average Bonchev–Trinajstić information content (AvgIpc) is 2.97. The lowest BCUT2D eigenvalue weighted by atomic mass is 10.1. The molecule has 0 aliphatic rings. The summed E-state index contributed by atoms with van der Waals surface area (Å²) in [5.41, 5.74) is 1.44. The van der Waals surface area contributed by atoms with Crippen molar-refractivity contribution in [2.75, 3.05) is 0 Å². The summed E-state index contributed by atoms with van der Waals surface area (Å²) in [6.07, 6.45) is 9.02. The van der Waals surface area contributed by atoms with Gasteiger partial charge in [-0.05, 0) is 41.7 Å². The first-order valence-corrected chi connectivity index (χ1v) is 7.98. The first-order chi connectivity index (χ1) is 10.4. The maximum atomic E-state index is 4.08. The van der Waals surface area contributed by atoms with Crippen molar-refractivity contribution in [2.24, 2.45) is 0 Å². The molecule has 2 rings (SSSR count). The second-order valence-corrected chi connectivity index (χ2v) is 5.43. The van der Waals surface area contributed by atoms with Crippen molar-refractivity contribution in [3.05, 3.63) is 48.6 Å². The maximum Gasteiger partial charge on any atom is 0.151 e. The minimum atomic E-state index is 0.935. The lowest BCUT2D eigenvalue weighted by molar-refractivity contribution is 0.505. The van der Waals surface area contributed by atoms with Gasteiger partial charge in [0.25, 0.3) is 0 Å². The Balaban J connectivity index is 1.58. The maximum absolute atomic E-state index is 4.08. The van der Waals surface area contributed by atoms with E-state index < -0.39 is 0 Å². The predicted molar refractivity (Wildman–Crippen MR) is 84.7 cm³/mol. The van der Waals surface area contributed by atoms with Crippen LogP contribution in [0.25, 0.3) is 0 Å². The van der Waals surface area contributed by atoms with E-state index in [0.29, 0.717) is 0 Å². The van der Waals surface area contributed by atoms with Gasteiger partial charge in [0.1, 0.15) is 0 Å². The van der Waals surface area contributed by atoms with Crippen LogP contribution in [0.15, 0.2) is 30.3 Å². The van der Waals surface area contributed by atoms with Crippen LogP contribution in [-0.4, -0.2) is 20.2 Å². The molecule has 4 heteroatoms. The molecule has 0 unspecified atom stereocenters. The van der Waals surface area contributed by atoms with Crippen LogP contribution >= 0.6 is 0 Å². The molecule has 0 saturated heterocycles. The summed E-state index contributed by atoms with van der Waals surface area (Å²) in [6, 6.07) is 10.7. The fourth-order valence-electron chi connectivity index (χ4n) is 2.45. The molecule has 0 spiro atoms. The zero-order valence-electron chi connectivity index (χ0n) is 12.7. The third-order valence-corrected chi connectivity index (χ3v) is 3.68. The number of hydrogen-bond donors (Lipinski definition) is 0. The fraction of sp³-hybridized carbons (Fsp3) is 0.529. The van der Waals surface area contributed by atoms with Gasteiger partial charge in [0.15, 0.2) is 5.82 Å². The fourth-order valence-corrected chi connectivity index (χ4v) is 2.45. The number of nitrogens with zero attached hydrogens (tertiary/aromatic N) is 4. The van der Waals surface area contributed by atoms with E-state index in [1.807, 2.05) is 4.68 Å². The molecule has 1 heterocycles. The summed E-state index contributed by atoms with van der Waals surface area (Å²) in [6.45, 7) is 4.79. The van der Waals surface area contributed by atoms with Crippen LogP contribution < -0.4 is 0 Å². The Morgan fingerprint density at radius 1 is 0.905 bits per heavy atom. The summed E-state index contributed by atoms with van der Waals surface area (Å²) < 4.78 is 1.95. The van der Waals surface area contributed by atoms with Gasteiger partial charge in [-0.25, -0.2) is 4.68 Å². The Kier molecular flexibility index (Phi) is 6.92. The highest BCUT2D eigenvalue weighted by molar-refractivity contribution is 5.14. The number of rotatable bonds is 10. The quantitative estimate of drug-likeness (QED) is 0.626. The molecule has 0 aliphatic carbocycles. The van der Waals surface area contributed by atoms with Crippen molar-refractivity contribution in [1.82, 2.24) is 20.2 Å². The van der Waals surface area contributed by atoms with Crippen LogP contribution in [0.1, 0.15) is 49.9 Å². The van der Waals surface area contributed by atoms with Crippen LogP contribution in [-0.2, 0) is 19.4 Å². The van der Waals surface area contributed by atoms with E-state index >= 15 is 0 Å². The van der Waals surface area contributed by atoms with E-state index in [0.717, 1.165) is 38.1 Å². The Morgan fingerprint density at radius 2 is 1.71 bits per heavy atom. The zero-order chi connectivity index (χ0) is 14.8. The van der Waals surface area contributed by atoms with Gasteiger partial charge in [0, 0.05) is 13.0 Å². The van der Waals surface area contributed by atoms with E-state index in [4.69, 9.17) is 0 Å². The normalized spacial score (nSPS) is 10.9. The van der Waals surface area contributed by atoms with Crippen LogP contribution in [0, 0.1) is 6.92 Å². The van der Waals surface area contributed by atoms with Gasteiger partial charge in [-0.2, -0.15) is 0 Å². The summed E-state index contributed by atoms with van der Waals surface area (Å²) in [5.74, 6) is 1.00. The van der Waals surface area contributed by atoms with Crippen LogP contribution in [0.2, 0.25) is 0 Å². The number of aryl methyl sites for hydroxylation is 3. The monoisotopic (exact) mass is 285 g/mol. The van der Waals surface area contributed by atoms with E-state index in [1.165, 1.54) is 31.2 Å². The first-order valence-electron chi connectivity index (χ1n) is 7.98. The molecule has 1 aromatic carbocycles. The second kappa shape index (κ2) is 9.27. The molecule has 2 aromatic rings. The molecule has 0 aliphatic heterocycles. The smallest absolute Gasteiger partial charge is 0.151 e. The van der Waals surface area contributed by atoms with Crippen molar-refractivity contribution in [2.45, 2.75) is 57.9 Å². The van der Waals surface area contributed by atoms with Crippen molar-refractivity contribution >= 4 is 0 Å².